The maximum absolute atomic E-state index is 12.3. The predicted octanol–water partition coefficient (Wildman–Crippen LogP) is 4.27. The van der Waals surface area contributed by atoms with Crippen molar-refractivity contribution in [2.24, 2.45) is 0 Å². The van der Waals surface area contributed by atoms with Gasteiger partial charge in [-0.05, 0) is 47.4 Å². The topological polar surface area (TPSA) is 76.7 Å². The zero-order valence-electron chi connectivity index (χ0n) is 18.3. The van der Waals surface area contributed by atoms with Crippen LogP contribution in [-0.2, 0) is 11.2 Å². The number of hydrogen-bond acceptors (Lipinski definition) is 4. The van der Waals surface area contributed by atoms with Crippen molar-refractivity contribution in [3.63, 3.8) is 0 Å². The quantitative estimate of drug-likeness (QED) is 0.495. The molecule has 166 valence electrons. The Balaban J connectivity index is 1.41. The van der Waals surface area contributed by atoms with Gasteiger partial charge in [-0.3, -0.25) is 20.4 Å². The predicted molar refractivity (Wildman–Crippen MR) is 124 cm³/mol. The molecule has 3 aromatic rings. The highest BCUT2D eigenvalue weighted by molar-refractivity contribution is 5.95. The zero-order chi connectivity index (χ0) is 22.8. The summed E-state index contributed by atoms with van der Waals surface area (Å²) in [5, 5.41) is 0. The van der Waals surface area contributed by atoms with Crippen molar-refractivity contribution in [3.05, 3.63) is 95.6 Å². The van der Waals surface area contributed by atoms with Crippen molar-refractivity contribution >= 4 is 11.8 Å². The average Bonchev–Trinajstić information content (AvgIpc) is 2.82. The fourth-order valence-corrected chi connectivity index (χ4v) is 2.99. The number of carbonyl (C=O) groups excluding carboxylic acids is 2. The van der Waals surface area contributed by atoms with Crippen LogP contribution in [0.5, 0.6) is 11.5 Å². The van der Waals surface area contributed by atoms with E-state index in [0.717, 1.165) is 6.42 Å². The molecule has 0 fully saturated rings. The molecule has 0 spiro atoms. The van der Waals surface area contributed by atoms with E-state index in [-0.39, 0.29) is 6.61 Å². The highest BCUT2D eigenvalue weighted by Crippen LogP contribution is 2.18. The third-order valence-electron chi connectivity index (χ3n) is 4.83. The first-order valence-electron chi connectivity index (χ1n) is 10.6. The molecule has 0 heterocycles. The summed E-state index contributed by atoms with van der Waals surface area (Å²) in [5.74, 6) is 0.717. The first kappa shape index (κ1) is 22.9. The summed E-state index contributed by atoms with van der Waals surface area (Å²) in [6, 6.07) is 24.4. The van der Waals surface area contributed by atoms with Gasteiger partial charge in [0.2, 0.25) is 0 Å². The van der Waals surface area contributed by atoms with Gasteiger partial charge in [-0.1, -0.05) is 62.4 Å². The van der Waals surface area contributed by atoms with Crippen molar-refractivity contribution in [3.8, 4) is 11.5 Å². The summed E-state index contributed by atoms with van der Waals surface area (Å²) in [5.41, 5.74) is 7.51. The normalized spacial score (nSPS) is 10.5. The molecule has 0 saturated heterocycles. The number of amides is 2. The van der Waals surface area contributed by atoms with Crippen LogP contribution in [0.2, 0.25) is 0 Å². The highest BCUT2D eigenvalue weighted by atomic mass is 16.5. The molecule has 0 radical (unpaired) electrons. The van der Waals surface area contributed by atoms with Crippen molar-refractivity contribution in [2.75, 3.05) is 13.2 Å². The Morgan fingerprint density at radius 3 is 2.28 bits per heavy atom. The Morgan fingerprint density at radius 1 is 0.812 bits per heavy atom. The van der Waals surface area contributed by atoms with Crippen LogP contribution < -0.4 is 20.3 Å². The first-order chi connectivity index (χ1) is 15.5. The maximum Gasteiger partial charge on any atom is 0.276 e. The third-order valence-corrected chi connectivity index (χ3v) is 4.83. The fraction of sp³-hybridized carbons (Fsp3) is 0.231. The van der Waals surface area contributed by atoms with Gasteiger partial charge in [-0.2, -0.15) is 0 Å². The monoisotopic (exact) mass is 432 g/mol. The Hall–Kier alpha value is -3.80. The summed E-state index contributed by atoms with van der Waals surface area (Å²) < 4.78 is 11.2. The second kappa shape index (κ2) is 11.6. The number of ether oxygens (including phenoxy) is 2. The molecule has 0 bridgehead atoms. The van der Waals surface area contributed by atoms with Crippen LogP contribution in [0.15, 0.2) is 78.9 Å². The molecule has 2 amide bonds. The van der Waals surface area contributed by atoms with Crippen LogP contribution in [-0.4, -0.2) is 25.0 Å². The minimum atomic E-state index is -0.457. The van der Waals surface area contributed by atoms with Gasteiger partial charge in [0.05, 0.1) is 6.61 Å². The summed E-state index contributed by atoms with van der Waals surface area (Å²) in [7, 11) is 0. The van der Waals surface area contributed by atoms with Crippen LogP contribution in [0.25, 0.3) is 0 Å². The van der Waals surface area contributed by atoms with Crippen LogP contribution >= 0.6 is 0 Å². The van der Waals surface area contributed by atoms with Crippen molar-refractivity contribution < 1.29 is 19.1 Å². The van der Waals surface area contributed by atoms with Gasteiger partial charge >= 0.3 is 0 Å². The van der Waals surface area contributed by atoms with Crippen LogP contribution in [0.4, 0.5) is 0 Å². The van der Waals surface area contributed by atoms with E-state index in [1.165, 1.54) is 11.1 Å². The van der Waals surface area contributed by atoms with E-state index in [1.54, 1.807) is 24.3 Å². The minimum absolute atomic E-state index is 0.204. The van der Waals surface area contributed by atoms with Crippen molar-refractivity contribution in [1.29, 1.82) is 0 Å². The third kappa shape index (κ3) is 7.16. The van der Waals surface area contributed by atoms with Gasteiger partial charge < -0.3 is 9.47 Å². The van der Waals surface area contributed by atoms with E-state index in [0.29, 0.717) is 29.6 Å². The standard InChI is InChI=1S/C26H28N2O4/c1-19(2)21-11-13-23(14-12-21)32-18-25(29)27-28-26(30)22-9-6-10-24(17-22)31-16-15-20-7-4-3-5-8-20/h3-14,17,19H,15-16,18H2,1-2H3,(H,27,29)(H,28,30). The molecular weight excluding hydrogens is 404 g/mol. The highest BCUT2D eigenvalue weighted by Gasteiger charge is 2.09. The molecule has 3 rings (SSSR count). The van der Waals surface area contributed by atoms with E-state index in [4.69, 9.17) is 9.47 Å². The fourth-order valence-electron chi connectivity index (χ4n) is 2.99. The van der Waals surface area contributed by atoms with Gasteiger partial charge in [-0.25, -0.2) is 0 Å². The van der Waals surface area contributed by atoms with E-state index in [2.05, 4.69) is 24.7 Å². The molecule has 3 aromatic carbocycles. The Morgan fingerprint density at radius 2 is 1.56 bits per heavy atom. The van der Waals surface area contributed by atoms with Gasteiger partial charge in [0.1, 0.15) is 11.5 Å². The molecule has 6 nitrogen and oxygen atoms in total. The average molecular weight is 433 g/mol. The molecule has 32 heavy (non-hydrogen) atoms. The lowest BCUT2D eigenvalue weighted by Gasteiger charge is -2.11. The molecule has 0 aliphatic carbocycles. The molecular formula is C26H28N2O4. The summed E-state index contributed by atoms with van der Waals surface area (Å²) >= 11 is 0. The zero-order valence-corrected chi connectivity index (χ0v) is 18.3. The Bertz CT molecular complexity index is 1020. The van der Waals surface area contributed by atoms with Gasteiger partial charge in [0.25, 0.3) is 11.8 Å². The summed E-state index contributed by atoms with van der Waals surface area (Å²) in [6.45, 7) is 4.52. The smallest absolute Gasteiger partial charge is 0.276 e. The number of rotatable bonds is 9. The van der Waals surface area contributed by atoms with Gasteiger partial charge in [0, 0.05) is 12.0 Å². The number of benzene rings is 3. The number of hydrazine groups is 1. The molecule has 0 atom stereocenters. The lowest BCUT2D eigenvalue weighted by Crippen LogP contribution is -2.43. The summed E-state index contributed by atoms with van der Waals surface area (Å²) in [4.78, 5) is 24.3. The van der Waals surface area contributed by atoms with E-state index < -0.39 is 11.8 Å². The lowest BCUT2D eigenvalue weighted by molar-refractivity contribution is -0.123. The van der Waals surface area contributed by atoms with E-state index in [1.807, 2.05) is 54.6 Å². The van der Waals surface area contributed by atoms with Crippen molar-refractivity contribution in [2.45, 2.75) is 26.2 Å². The molecule has 2 N–H and O–H groups in total. The first-order valence-corrected chi connectivity index (χ1v) is 10.6. The van der Waals surface area contributed by atoms with Crippen LogP contribution in [0, 0.1) is 0 Å². The van der Waals surface area contributed by atoms with Gasteiger partial charge in [-0.15, -0.1) is 0 Å². The molecule has 0 unspecified atom stereocenters. The number of carbonyl (C=O) groups is 2. The lowest BCUT2D eigenvalue weighted by atomic mass is 10.0. The summed E-state index contributed by atoms with van der Waals surface area (Å²) in [6.07, 6.45) is 0.771. The largest absolute Gasteiger partial charge is 0.493 e. The molecule has 0 aromatic heterocycles. The SMILES string of the molecule is CC(C)c1ccc(OCC(=O)NNC(=O)c2cccc(OCCc3ccccc3)c2)cc1. The Labute approximate surface area is 188 Å². The molecule has 0 saturated carbocycles. The number of hydrogen-bond donors (Lipinski definition) is 2. The van der Waals surface area contributed by atoms with E-state index in [9.17, 15) is 9.59 Å². The molecule has 6 heteroatoms. The molecule has 0 aliphatic heterocycles. The van der Waals surface area contributed by atoms with Crippen LogP contribution in [0.3, 0.4) is 0 Å². The van der Waals surface area contributed by atoms with Crippen LogP contribution in [0.1, 0.15) is 41.3 Å². The van der Waals surface area contributed by atoms with Crippen molar-refractivity contribution in [1.82, 2.24) is 10.9 Å². The minimum Gasteiger partial charge on any atom is -0.493 e. The number of nitrogens with one attached hydrogen (secondary N) is 2. The van der Waals surface area contributed by atoms with E-state index >= 15 is 0 Å². The second-order valence-electron chi connectivity index (χ2n) is 7.63. The Kier molecular flexibility index (Phi) is 8.26. The second-order valence-corrected chi connectivity index (χ2v) is 7.63. The maximum atomic E-state index is 12.3. The van der Waals surface area contributed by atoms with Gasteiger partial charge in [0.15, 0.2) is 6.61 Å². The molecule has 0 aliphatic rings.